The predicted molar refractivity (Wildman–Crippen MR) is 72.8 cm³/mol. The lowest BCUT2D eigenvalue weighted by molar-refractivity contribution is -0.270. The Balaban J connectivity index is 2.89. The van der Waals surface area contributed by atoms with Crippen LogP contribution >= 0.6 is 0 Å². The SMILES string of the molecule is CC(=O)OC[C@H]1OC(OC(C)=O)[C@H](OC(C)=O)C[C@@H]1OC(C)=O. The minimum atomic E-state index is -1.18. The molecule has 130 valence electrons. The van der Waals surface area contributed by atoms with Gasteiger partial charge in [0.2, 0.25) is 6.29 Å². The van der Waals surface area contributed by atoms with Crippen LogP contribution in [0.2, 0.25) is 0 Å². The fourth-order valence-corrected chi connectivity index (χ4v) is 2.11. The fraction of sp³-hybridized carbons (Fsp3) is 0.714. The van der Waals surface area contributed by atoms with Crippen LogP contribution in [0.15, 0.2) is 0 Å². The molecule has 1 rings (SSSR count). The molecule has 0 amide bonds. The van der Waals surface area contributed by atoms with Crippen molar-refractivity contribution in [1.82, 2.24) is 0 Å². The first-order valence-electron chi connectivity index (χ1n) is 6.99. The first-order valence-corrected chi connectivity index (χ1v) is 6.99. The number of carbonyl (C=O) groups excluding carboxylic acids is 4. The summed E-state index contributed by atoms with van der Waals surface area (Å²) in [4.78, 5) is 44.5. The second-order valence-electron chi connectivity index (χ2n) is 4.99. The lowest BCUT2D eigenvalue weighted by atomic mass is 10.0. The van der Waals surface area contributed by atoms with E-state index in [4.69, 9.17) is 23.7 Å². The summed E-state index contributed by atoms with van der Waals surface area (Å²) in [7, 11) is 0. The van der Waals surface area contributed by atoms with Crippen molar-refractivity contribution in [3.8, 4) is 0 Å². The molecule has 4 atom stereocenters. The molecule has 0 aromatic rings. The van der Waals surface area contributed by atoms with E-state index in [0.29, 0.717) is 0 Å². The Bertz CT molecular complexity index is 473. The van der Waals surface area contributed by atoms with Gasteiger partial charge < -0.3 is 23.7 Å². The molecule has 0 saturated carbocycles. The molecule has 1 saturated heterocycles. The van der Waals surface area contributed by atoms with E-state index in [9.17, 15) is 19.2 Å². The second kappa shape index (κ2) is 8.47. The van der Waals surface area contributed by atoms with Crippen molar-refractivity contribution in [3.63, 3.8) is 0 Å². The van der Waals surface area contributed by atoms with Crippen LogP contribution in [0.1, 0.15) is 34.1 Å². The van der Waals surface area contributed by atoms with Crippen LogP contribution < -0.4 is 0 Å². The monoisotopic (exact) mass is 332 g/mol. The van der Waals surface area contributed by atoms with Gasteiger partial charge in [0.15, 0.2) is 6.10 Å². The summed E-state index contributed by atoms with van der Waals surface area (Å²) in [6.45, 7) is 4.60. The largest absolute Gasteiger partial charge is 0.463 e. The van der Waals surface area contributed by atoms with Crippen molar-refractivity contribution in [3.05, 3.63) is 0 Å². The Kier molecular flexibility index (Phi) is 6.95. The molecule has 0 spiro atoms. The zero-order valence-electron chi connectivity index (χ0n) is 13.4. The minimum Gasteiger partial charge on any atom is -0.463 e. The highest BCUT2D eigenvalue weighted by molar-refractivity contribution is 5.68. The molecule has 0 bridgehead atoms. The van der Waals surface area contributed by atoms with Gasteiger partial charge in [-0.2, -0.15) is 0 Å². The molecule has 1 aliphatic heterocycles. The van der Waals surface area contributed by atoms with E-state index in [0.717, 1.165) is 0 Å². The quantitative estimate of drug-likeness (QED) is 0.510. The third-order valence-electron chi connectivity index (χ3n) is 2.86. The molecule has 0 aromatic heterocycles. The molecule has 1 aliphatic rings. The van der Waals surface area contributed by atoms with Crippen molar-refractivity contribution in [2.45, 2.75) is 58.7 Å². The summed E-state index contributed by atoms with van der Waals surface area (Å²) in [6.07, 6.45) is -3.73. The molecule has 1 fully saturated rings. The van der Waals surface area contributed by atoms with Gasteiger partial charge in [-0.3, -0.25) is 19.2 Å². The number of hydrogen-bond acceptors (Lipinski definition) is 9. The van der Waals surface area contributed by atoms with E-state index in [-0.39, 0.29) is 13.0 Å². The van der Waals surface area contributed by atoms with Gasteiger partial charge in [-0.15, -0.1) is 0 Å². The molecule has 0 aliphatic carbocycles. The van der Waals surface area contributed by atoms with E-state index in [1.165, 1.54) is 27.7 Å². The molecule has 0 N–H and O–H groups in total. The number of esters is 4. The smallest absolute Gasteiger partial charge is 0.305 e. The average molecular weight is 332 g/mol. The van der Waals surface area contributed by atoms with Crippen LogP contribution in [0.3, 0.4) is 0 Å². The van der Waals surface area contributed by atoms with Gasteiger partial charge in [0.25, 0.3) is 0 Å². The summed E-state index contributed by atoms with van der Waals surface area (Å²) in [6, 6.07) is 0. The first kappa shape index (κ1) is 18.9. The Morgan fingerprint density at radius 3 is 1.83 bits per heavy atom. The molecule has 9 heteroatoms. The topological polar surface area (TPSA) is 114 Å². The van der Waals surface area contributed by atoms with Gasteiger partial charge >= 0.3 is 23.9 Å². The number of carbonyl (C=O) groups is 4. The molecular formula is C14H20O9. The van der Waals surface area contributed by atoms with Crippen LogP contribution in [0.4, 0.5) is 0 Å². The third-order valence-corrected chi connectivity index (χ3v) is 2.86. The Morgan fingerprint density at radius 2 is 1.35 bits per heavy atom. The summed E-state index contributed by atoms with van der Waals surface area (Å²) in [5.74, 6) is -2.35. The molecule has 0 aromatic carbocycles. The first-order chi connectivity index (χ1) is 10.7. The van der Waals surface area contributed by atoms with Gasteiger partial charge in [0.1, 0.15) is 18.8 Å². The lowest BCUT2D eigenvalue weighted by Gasteiger charge is -2.39. The van der Waals surface area contributed by atoms with E-state index < -0.39 is 48.5 Å². The van der Waals surface area contributed by atoms with Crippen molar-refractivity contribution >= 4 is 23.9 Å². The molecular weight excluding hydrogens is 312 g/mol. The summed E-state index contributed by atoms with van der Waals surface area (Å²) >= 11 is 0. The van der Waals surface area contributed by atoms with Crippen LogP contribution in [-0.4, -0.2) is 55.1 Å². The van der Waals surface area contributed by atoms with Crippen molar-refractivity contribution in [2.24, 2.45) is 0 Å². The fourth-order valence-electron chi connectivity index (χ4n) is 2.11. The summed E-state index contributed by atoms with van der Waals surface area (Å²) in [5.41, 5.74) is 0. The standard InChI is InChI=1S/C14H20O9/c1-7(15)19-6-13-11(20-8(2)16)5-12(21-9(3)17)14(23-13)22-10(4)18/h11-14H,5-6H2,1-4H3/t11-,12+,13+,14?/m0/s1. The lowest BCUT2D eigenvalue weighted by Crippen LogP contribution is -2.53. The summed E-state index contributed by atoms with van der Waals surface area (Å²) < 4.78 is 25.5. The zero-order chi connectivity index (χ0) is 17.6. The minimum absolute atomic E-state index is 0.0447. The van der Waals surface area contributed by atoms with Crippen LogP contribution in [-0.2, 0) is 42.9 Å². The Labute approximate surface area is 133 Å². The van der Waals surface area contributed by atoms with Crippen molar-refractivity contribution < 1.29 is 42.9 Å². The second-order valence-corrected chi connectivity index (χ2v) is 4.99. The molecule has 0 radical (unpaired) electrons. The molecule has 9 nitrogen and oxygen atoms in total. The number of rotatable bonds is 5. The highest BCUT2D eigenvalue weighted by Crippen LogP contribution is 2.26. The Morgan fingerprint density at radius 1 is 0.826 bits per heavy atom. The van der Waals surface area contributed by atoms with Crippen molar-refractivity contribution in [2.75, 3.05) is 6.61 Å². The molecule has 1 heterocycles. The van der Waals surface area contributed by atoms with E-state index in [1.54, 1.807) is 0 Å². The van der Waals surface area contributed by atoms with E-state index >= 15 is 0 Å². The van der Waals surface area contributed by atoms with Crippen molar-refractivity contribution in [1.29, 1.82) is 0 Å². The Hall–Kier alpha value is -2.16. The highest BCUT2D eigenvalue weighted by atomic mass is 16.7. The van der Waals surface area contributed by atoms with Gasteiger partial charge in [-0.25, -0.2) is 0 Å². The van der Waals surface area contributed by atoms with E-state index in [1.807, 2.05) is 0 Å². The molecule has 1 unspecified atom stereocenters. The van der Waals surface area contributed by atoms with Crippen LogP contribution in [0, 0.1) is 0 Å². The maximum Gasteiger partial charge on any atom is 0.305 e. The van der Waals surface area contributed by atoms with Gasteiger partial charge in [0, 0.05) is 34.1 Å². The maximum atomic E-state index is 11.2. The van der Waals surface area contributed by atoms with Gasteiger partial charge in [-0.05, 0) is 0 Å². The van der Waals surface area contributed by atoms with Gasteiger partial charge in [-0.1, -0.05) is 0 Å². The predicted octanol–water partition coefficient (Wildman–Crippen LogP) is 0.0910. The summed E-state index contributed by atoms with van der Waals surface area (Å²) in [5, 5.41) is 0. The van der Waals surface area contributed by atoms with Gasteiger partial charge in [0.05, 0.1) is 0 Å². The normalized spacial score (nSPS) is 26.8. The van der Waals surface area contributed by atoms with Crippen LogP contribution in [0.5, 0.6) is 0 Å². The van der Waals surface area contributed by atoms with E-state index in [2.05, 4.69) is 0 Å². The highest BCUT2D eigenvalue weighted by Gasteiger charge is 2.43. The van der Waals surface area contributed by atoms with Crippen LogP contribution in [0.25, 0.3) is 0 Å². The number of hydrogen-bond donors (Lipinski definition) is 0. The third kappa shape index (κ3) is 6.64. The zero-order valence-corrected chi connectivity index (χ0v) is 13.4. The molecule has 23 heavy (non-hydrogen) atoms. The maximum absolute atomic E-state index is 11.2. The average Bonchev–Trinajstić information content (AvgIpc) is 2.38. The number of ether oxygens (including phenoxy) is 5.